The Morgan fingerprint density at radius 2 is 2.00 bits per heavy atom. The first-order valence-corrected chi connectivity index (χ1v) is 10.8. The van der Waals surface area contributed by atoms with Crippen molar-refractivity contribution in [3.8, 4) is 0 Å². The molecule has 0 aromatic rings. The Balaban J connectivity index is 2.45. The van der Waals surface area contributed by atoms with E-state index in [-0.39, 0.29) is 17.9 Å². The van der Waals surface area contributed by atoms with Crippen LogP contribution in [-0.2, 0) is 14.3 Å². The molecule has 1 atom stereocenters. The van der Waals surface area contributed by atoms with Gasteiger partial charge in [0.1, 0.15) is 6.04 Å². The highest BCUT2D eigenvalue weighted by molar-refractivity contribution is 6.75. The summed E-state index contributed by atoms with van der Waals surface area (Å²) >= 11 is 0. The Bertz CT molecular complexity index is 325. The second-order valence-electron chi connectivity index (χ2n) is 6.22. The van der Waals surface area contributed by atoms with Gasteiger partial charge in [-0.1, -0.05) is 45.8 Å². The number of carbonyl (C=O) groups is 2. The molecule has 0 bridgehead atoms. The lowest BCUT2D eigenvalue weighted by molar-refractivity contribution is -0.149. The number of unbranched alkanes of at least 4 members (excludes halogenated alkanes) is 3. The van der Waals surface area contributed by atoms with E-state index in [1.54, 1.807) is 0 Å². The molecule has 0 radical (unpaired) electrons. The molecule has 110 valence electrons. The summed E-state index contributed by atoms with van der Waals surface area (Å²) in [4.78, 5) is 24.0. The highest BCUT2D eigenvalue weighted by atomic mass is 28.3. The van der Waals surface area contributed by atoms with E-state index in [4.69, 9.17) is 4.74 Å². The molecule has 1 saturated heterocycles. The molecule has 1 aliphatic rings. The van der Waals surface area contributed by atoms with Crippen molar-refractivity contribution >= 4 is 20.1 Å². The smallest absolute Gasteiger partial charge is 0.328 e. The van der Waals surface area contributed by atoms with Crippen molar-refractivity contribution < 1.29 is 14.3 Å². The molecule has 0 spiro atoms. The van der Waals surface area contributed by atoms with Gasteiger partial charge in [-0.2, -0.15) is 0 Å². The minimum absolute atomic E-state index is 0.118. The van der Waals surface area contributed by atoms with E-state index in [2.05, 4.69) is 26.6 Å². The molecule has 0 aliphatic carbocycles. The first-order valence-electron chi connectivity index (χ1n) is 7.36. The Kier molecular flexibility index (Phi) is 6.04. The number of esters is 1. The predicted octanol–water partition coefficient (Wildman–Crippen LogP) is 2.94. The van der Waals surface area contributed by atoms with Gasteiger partial charge < -0.3 is 9.30 Å². The molecule has 1 heterocycles. The van der Waals surface area contributed by atoms with Crippen molar-refractivity contribution in [2.24, 2.45) is 0 Å². The van der Waals surface area contributed by atoms with Gasteiger partial charge in [0.15, 0.2) is 8.24 Å². The fourth-order valence-corrected chi connectivity index (χ4v) is 4.58. The van der Waals surface area contributed by atoms with Gasteiger partial charge in [0.05, 0.1) is 6.61 Å². The lowest BCUT2D eigenvalue weighted by Gasteiger charge is -2.34. The van der Waals surface area contributed by atoms with Gasteiger partial charge in [-0.25, -0.2) is 4.79 Å². The monoisotopic (exact) mass is 285 g/mol. The Hall–Kier alpha value is -0.843. The number of hydrogen-bond acceptors (Lipinski definition) is 3. The minimum Gasteiger partial charge on any atom is -0.464 e. The normalized spacial score (nSPS) is 19.9. The van der Waals surface area contributed by atoms with Crippen LogP contribution in [0.3, 0.4) is 0 Å². The molecule has 5 heteroatoms. The topological polar surface area (TPSA) is 46.6 Å². The molecule has 1 unspecified atom stereocenters. The third kappa shape index (κ3) is 4.64. The maximum atomic E-state index is 12.1. The molecule has 0 aromatic carbocycles. The van der Waals surface area contributed by atoms with Crippen LogP contribution >= 0.6 is 0 Å². The van der Waals surface area contributed by atoms with Gasteiger partial charge in [0, 0.05) is 6.42 Å². The maximum absolute atomic E-state index is 12.1. The van der Waals surface area contributed by atoms with E-state index >= 15 is 0 Å². The second kappa shape index (κ2) is 7.08. The summed E-state index contributed by atoms with van der Waals surface area (Å²) in [6.07, 6.45) is 5.49. The molecule has 0 aromatic heterocycles. The summed E-state index contributed by atoms with van der Waals surface area (Å²) in [5.41, 5.74) is 0. The van der Waals surface area contributed by atoms with Crippen LogP contribution in [0.15, 0.2) is 0 Å². The molecule has 1 fully saturated rings. The SMILES string of the molecule is CCCCCCOC(=O)C1CCC(=O)N1[Si](C)(C)C. The molecule has 1 amide bonds. The van der Waals surface area contributed by atoms with Gasteiger partial charge in [0.2, 0.25) is 5.91 Å². The number of nitrogens with zero attached hydrogens (tertiary/aromatic N) is 1. The van der Waals surface area contributed by atoms with Crippen molar-refractivity contribution in [2.75, 3.05) is 6.61 Å². The number of carbonyl (C=O) groups excluding carboxylic acids is 2. The summed E-state index contributed by atoms with van der Waals surface area (Å²) in [6.45, 7) is 8.93. The van der Waals surface area contributed by atoms with Crippen LogP contribution in [-0.4, -0.2) is 37.3 Å². The largest absolute Gasteiger partial charge is 0.464 e. The van der Waals surface area contributed by atoms with Crippen LogP contribution in [0.1, 0.15) is 45.4 Å². The standard InChI is InChI=1S/C14H27NO3Si/c1-5-6-7-8-11-18-14(17)12-9-10-13(16)15(12)19(2,3)4/h12H,5-11H2,1-4H3. The third-order valence-electron chi connectivity index (χ3n) is 3.45. The Labute approximate surface area is 117 Å². The molecular weight excluding hydrogens is 258 g/mol. The van der Waals surface area contributed by atoms with Crippen LogP contribution in [0.25, 0.3) is 0 Å². The zero-order chi connectivity index (χ0) is 14.5. The van der Waals surface area contributed by atoms with Crippen LogP contribution in [0.2, 0.25) is 19.6 Å². The van der Waals surface area contributed by atoms with Crippen molar-refractivity contribution in [3.63, 3.8) is 0 Å². The quantitative estimate of drug-likeness (QED) is 0.410. The molecule has 1 aliphatic heterocycles. The lowest BCUT2D eigenvalue weighted by Crippen LogP contribution is -2.53. The summed E-state index contributed by atoms with van der Waals surface area (Å²) in [5, 5.41) is 0. The summed E-state index contributed by atoms with van der Waals surface area (Å²) < 4.78 is 7.16. The third-order valence-corrected chi connectivity index (χ3v) is 5.46. The van der Waals surface area contributed by atoms with E-state index in [1.165, 1.54) is 12.8 Å². The van der Waals surface area contributed by atoms with Crippen molar-refractivity contribution in [3.05, 3.63) is 0 Å². The average Bonchev–Trinajstić information content (AvgIpc) is 2.70. The fourth-order valence-electron chi connectivity index (χ4n) is 2.55. The van der Waals surface area contributed by atoms with Crippen molar-refractivity contribution in [1.29, 1.82) is 0 Å². The molecule has 4 nitrogen and oxygen atoms in total. The molecular formula is C14H27NO3Si. The predicted molar refractivity (Wildman–Crippen MR) is 78.3 cm³/mol. The van der Waals surface area contributed by atoms with Crippen LogP contribution in [0.5, 0.6) is 0 Å². The van der Waals surface area contributed by atoms with E-state index in [9.17, 15) is 9.59 Å². The van der Waals surface area contributed by atoms with Crippen LogP contribution in [0, 0.1) is 0 Å². The Morgan fingerprint density at radius 1 is 1.32 bits per heavy atom. The molecule has 19 heavy (non-hydrogen) atoms. The fraction of sp³-hybridized carbons (Fsp3) is 0.857. The van der Waals surface area contributed by atoms with E-state index in [0.717, 1.165) is 12.8 Å². The maximum Gasteiger partial charge on any atom is 0.328 e. The first kappa shape index (κ1) is 16.2. The van der Waals surface area contributed by atoms with Crippen molar-refractivity contribution in [2.45, 2.75) is 71.1 Å². The second-order valence-corrected chi connectivity index (χ2v) is 11.0. The number of amides is 1. The van der Waals surface area contributed by atoms with Gasteiger partial charge >= 0.3 is 5.97 Å². The number of ether oxygens (including phenoxy) is 1. The highest BCUT2D eigenvalue weighted by Crippen LogP contribution is 2.26. The van der Waals surface area contributed by atoms with Gasteiger partial charge in [-0.3, -0.25) is 4.79 Å². The van der Waals surface area contributed by atoms with Gasteiger partial charge in [-0.15, -0.1) is 0 Å². The lowest BCUT2D eigenvalue weighted by atomic mass is 10.2. The van der Waals surface area contributed by atoms with Crippen molar-refractivity contribution in [1.82, 2.24) is 4.57 Å². The summed E-state index contributed by atoms with van der Waals surface area (Å²) in [6, 6.07) is -0.328. The minimum atomic E-state index is -1.79. The zero-order valence-corrected chi connectivity index (χ0v) is 13.7. The molecule has 0 N–H and O–H groups in total. The van der Waals surface area contributed by atoms with Gasteiger partial charge in [0.25, 0.3) is 0 Å². The molecule has 0 saturated carbocycles. The Morgan fingerprint density at radius 3 is 2.58 bits per heavy atom. The zero-order valence-electron chi connectivity index (χ0n) is 12.7. The number of rotatable bonds is 7. The van der Waals surface area contributed by atoms with E-state index in [0.29, 0.717) is 19.4 Å². The van der Waals surface area contributed by atoms with E-state index < -0.39 is 8.24 Å². The average molecular weight is 285 g/mol. The van der Waals surface area contributed by atoms with Crippen LogP contribution < -0.4 is 0 Å². The van der Waals surface area contributed by atoms with E-state index in [1.807, 2.05) is 4.57 Å². The molecule has 1 rings (SSSR count). The summed E-state index contributed by atoms with van der Waals surface area (Å²) in [7, 11) is -1.79. The number of hydrogen-bond donors (Lipinski definition) is 0. The summed E-state index contributed by atoms with van der Waals surface area (Å²) in [5.74, 6) is -0.0862. The van der Waals surface area contributed by atoms with Gasteiger partial charge in [-0.05, 0) is 12.8 Å². The first-order chi connectivity index (χ1) is 8.88. The van der Waals surface area contributed by atoms with Crippen LogP contribution in [0.4, 0.5) is 0 Å². The highest BCUT2D eigenvalue weighted by Gasteiger charge is 2.43.